The maximum atomic E-state index is 13.8. The molecule has 4 rings (SSSR count). The molecule has 8 heteroatoms. The second-order valence-electron chi connectivity index (χ2n) is 7.32. The molecule has 1 heterocycles. The minimum atomic E-state index is -4.69. The number of halogens is 3. The van der Waals surface area contributed by atoms with Crippen LogP contribution in [0.1, 0.15) is 11.3 Å². The van der Waals surface area contributed by atoms with Crippen LogP contribution in [0.15, 0.2) is 99.5 Å². The molecule has 4 aromatic rings. The van der Waals surface area contributed by atoms with Crippen LogP contribution in [0.5, 0.6) is 0 Å². The second-order valence-corrected chi connectivity index (χ2v) is 7.32. The molecule has 0 N–H and O–H groups in total. The summed E-state index contributed by atoms with van der Waals surface area (Å²) in [5.41, 5.74) is 1.39. The van der Waals surface area contributed by atoms with Gasteiger partial charge >= 0.3 is 6.18 Å². The highest BCUT2D eigenvalue weighted by Crippen LogP contribution is 2.29. The molecule has 0 unspecified atom stereocenters. The smallest absolute Gasteiger partial charge is 0.438 e. The molecule has 33 heavy (non-hydrogen) atoms. The molecule has 0 radical (unpaired) electrons. The predicted octanol–water partition coefficient (Wildman–Crippen LogP) is 6.31. The number of benzene rings is 3. The normalized spacial score (nSPS) is 12.5. The lowest BCUT2D eigenvalue weighted by atomic mass is 10.1. The summed E-state index contributed by atoms with van der Waals surface area (Å²) in [5, 5.41) is 11.6. The minimum Gasteiger partial charge on any atom is -0.454 e. The van der Waals surface area contributed by atoms with Crippen molar-refractivity contribution in [2.45, 2.75) is 6.18 Å². The van der Waals surface area contributed by atoms with Gasteiger partial charge in [0, 0.05) is 19.5 Å². The lowest BCUT2D eigenvalue weighted by Gasteiger charge is -2.16. The molecule has 0 aliphatic rings. The summed E-state index contributed by atoms with van der Waals surface area (Å²) < 4.78 is 47.0. The van der Waals surface area contributed by atoms with Gasteiger partial charge in [-0.3, -0.25) is 10.0 Å². The fourth-order valence-corrected chi connectivity index (χ4v) is 3.22. The number of rotatable bonds is 6. The average molecular weight is 450 g/mol. The molecule has 168 valence electrons. The number of para-hydroxylation sites is 2. The highest BCUT2D eigenvalue weighted by Gasteiger charge is 2.40. The van der Waals surface area contributed by atoms with Crippen molar-refractivity contribution in [3.05, 3.63) is 96.3 Å². The van der Waals surface area contributed by atoms with Gasteiger partial charge in [0.1, 0.15) is 5.58 Å². The number of furan rings is 1. The SMILES string of the molecule is CN(N=Cc1ccc2oc(C(=NN(C)c3ccccc3)C(F)(F)F)cc2c1)c1ccccc1. The van der Waals surface area contributed by atoms with Crippen molar-refractivity contribution in [1.29, 1.82) is 0 Å². The Bertz CT molecular complexity index is 1280. The highest BCUT2D eigenvalue weighted by molar-refractivity contribution is 6.05. The number of hydrogen-bond acceptors (Lipinski definition) is 5. The Morgan fingerprint density at radius 2 is 1.42 bits per heavy atom. The first kappa shape index (κ1) is 22.1. The largest absolute Gasteiger partial charge is 0.454 e. The first-order chi connectivity index (χ1) is 15.8. The minimum absolute atomic E-state index is 0.331. The zero-order chi connectivity index (χ0) is 23.4. The van der Waals surface area contributed by atoms with E-state index in [-0.39, 0.29) is 5.76 Å². The molecule has 0 fully saturated rings. The van der Waals surface area contributed by atoms with E-state index < -0.39 is 11.9 Å². The summed E-state index contributed by atoms with van der Waals surface area (Å²) in [4.78, 5) is 0. The highest BCUT2D eigenvalue weighted by atomic mass is 19.4. The maximum Gasteiger partial charge on any atom is 0.438 e. The van der Waals surface area contributed by atoms with Gasteiger partial charge in [-0.15, -0.1) is 0 Å². The molecule has 0 aliphatic heterocycles. The fraction of sp³-hybridized carbons (Fsp3) is 0.120. The fourth-order valence-electron chi connectivity index (χ4n) is 3.22. The van der Waals surface area contributed by atoms with E-state index in [4.69, 9.17) is 4.42 Å². The van der Waals surface area contributed by atoms with Crippen LogP contribution in [-0.2, 0) is 0 Å². The number of hydrogen-bond donors (Lipinski definition) is 0. The number of alkyl halides is 3. The van der Waals surface area contributed by atoms with Gasteiger partial charge in [-0.05, 0) is 54.1 Å². The van der Waals surface area contributed by atoms with Crippen LogP contribution in [0.4, 0.5) is 24.5 Å². The van der Waals surface area contributed by atoms with Gasteiger partial charge in [0.05, 0.1) is 17.6 Å². The first-order valence-corrected chi connectivity index (χ1v) is 10.1. The van der Waals surface area contributed by atoms with Crippen LogP contribution < -0.4 is 10.0 Å². The summed E-state index contributed by atoms with van der Waals surface area (Å²) in [5.74, 6) is -0.351. The Kier molecular flexibility index (Phi) is 6.17. The van der Waals surface area contributed by atoms with Gasteiger partial charge in [-0.25, -0.2) is 0 Å². The van der Waals surface area contributed by atoms with Crippen LogP contribution in [0.3, 0.4) is 0 Å². The van der Waals surface area contributed by atoms with Gasteiger partial charge < -0.3 is 4.42 Å². The third kappa shape index (κ3) is 5.23. The Balaban J connectivity index is 1.63. The summed E-state index contributed by atoms with van der Waals surface area (Å²) in [6.45, 7) is 0. The molecule has 0 saturated carbocycles. The van der Waals surface area contributed by atoms with Crippen molar-refractivity contribution in [3.8, 4) is 0 Å². The van der Waals surface area contributed by atoms with Crippen molar-refractivity contribution in [3.63, 3.8) is 0 Å². The number of nitrogens with zero attached hydrogens (tertiary/aromatic N) is 4. The quantitative estimate of drug-likeness (QED) is 0.256. The zero-order valence-electron chi connectivity index (χ0n) is 18.0. The molecule has 0 spiro atoms. The van der Waals surface area contributed by atoms with E-state index in [1.54, 1.807) is 59.8 Å². The van der Waals surface area contributed by atoms with Crippen molar-refractivity contribution >= 4 is 34.3 Å². The van der Waals surface area contributed by atoms with Gasteiger partial charge in [-0.1, -0.05) is 36.4 Å². The van der Waals surface area contributed by atoms with Crippen LogP contribution >= 0.6 is 0 Å². The van der Waals surface area contributed by atoms with E-state index >= 15 is 0 Å². The van der Waals surface area contributed by atoms with Gasteiger partial charge in [0.15, 0.2) is 5.76 Å². The molecule has 0 saturated heterocycles. The van der Waals surface area contributed by atoms with E-state index in [1.807, 2.05) is 37.4 Å². The first-order valence-electron chi connectivity index (χ1n) is 10.1. The maximum absolute atomic E-state index is 13.8. The van der Waals surface area contributed by atoms with E-state index in [1.165, 1.54) is 18.1 Å². The predicted molar refractivity (Wildman–Crippen MR) is 126 cm³/mol. The lowest BCUT2D eigenvalue weighted by Crippen LogP contribution is -2.27. The number of anilines is 2. The molecule has 1 aromatic heterocycles. The Hall–Kier alpha value is -4.07. The van der Waals surface area contributed by atoms with E-state index in [9.17, 15) is 13.2 Å². The Morgan fingerprint density at radius 3 is 2.03 bits per heavy atom. The molecular formula is C25H21F3N4O. The van der Waals surface area contributed by atoms with E-state index in [0.717, 1.165) is 11.3 Å². The molecule has 5 nitrogen and oxygen atoms in total. The van der Waals surface area contributed by atoms with Crippen LogP contribution in [-0.4, -0.2) is 32.2 Å². The van der Waals surface area contributed by atoms with Crippen LogP contribution in [0.2, 0.25) is 0 Å². The Labute approximate surface area is 189 Å². The third-order valence-electron chi connectivity index (χ3n) is 4.93. The molecule has 3 aromatic carbocycles. The Morgan fingerprint density at radius 1 is 0.818 bits per heavy atom. The van der Waals surface area contributed by atoms with Gasteiger partial charge in [0.2, 0.25) is 5.71 Å². The third-order valence-corrected chi connectivity index (χ3v) is 4.93. The summed E-state index contributed by atoms with van der Waals surface area (Å²) in [6, 6.07) is 24.6. The molecule has 0 aliphatic carbocycles. The lowest BCUT2D eigenvalue weighted by molar-refractivity contribution is -0.0590. The van der Waals surface area contributed by atoms with Crippen LogP contribution in [0.25, 0.3) is 11.0 Å². The van der Waals surface area contributed by atoms with E-state index in [0.29, 0.717) is 16.7 Å². The number of fused-ring (bicyclic) bond motifs is 1. The van der Waals surface area contributed by atoms with E-state index in [2.05, 4.69) is 10.2 Å². The topological polar surface area (TPSA) is 44.3 Å². The molecule has 0 amide bonds. The van der Waals surface area contributed by atoms with Crippen molar-refractivity contribution in [2.75, 3.05) is 24.1 Å². The van der Waals surface area contributed by atoms with Crippen molar-refractivity contribution in [2.24, 2.45) is 10.2 Å². The van der Waals surface area contributed by atoms with Crippen molar-refractivity contribution in [1.82, 2.24) is 0 Å². The van der Waals surface area contributed by atoms with Crippen LogP contribution in [0, 0.1) is 0 Å². The summed E-state index contributed by atoms with van der Waals surface area (Å²) in [7, 11) is 3.27. The summed E-state index contributed by atoms with van der Waals surface area (Å²) >= 11 is 0. The van der Waals surface area contributed by atoms with Gasteiger partial charge in [-0.2, -0.15) is 23.4 Å². The summed E-state index contributed by atoms with van der Waals surface area (Å²) in [6.07, 6.45) is -3.05. The molecular weight excluding hydrogens is 429 g/mol. The average Bonchev–Trinajstić information content (AvgIpc) is 3.24. The van der Waals surface area contributed by atoms with Crippen molar-refractivity contribution < 1.29 is 17.6 Å². The monoisotopic (exact) mass is 450 g/mol. The zero-order valence-corrected chi connectivity index (χ0v) is 18.0. The second kappa shape index (κ2) is 9.20. The molecule has 0 bridgehead atoms. The number of hydrazone groups is 2. The molecule has 0 atom stereocenters. The standard InChI is InChI=1S/C25H21F3N4O/c1-31(20-9-5-3-6-10-20)29-17-18-13-14-22-19(15-18)16-23(33-22)24(25(26,27)28)30-32(2)21-11-7-4-8-12-21/h3-17H,1-2H3. The van der Waals surface area contributed by atoms with Gasteiger partial charge in [0.25, 0.3) is 0 Å².